The highest BCUT2D eigenvalue weighted by Crippen LogP contribution is 2.19. The van der Waals surface area contributed by atoms with Gasteiger partial charge in [-0.25, -0.2) is 0 Å². The first-order valence-corrected chi connectivity index (χ1v) is 8.85. The third-order valence-electron chi connectivity index (χ3n) is 4.29. The minimum absolute atomic E-state index is 0.0326. The molecule has 1 aromatic rings. The monoisotopic (exact) mass is 367 g/mol. The van der Waals surface area contributed by atoms with Crippen molar-refractivity contribution in [3.8, 4) is 0 Å². The van der Waals surface area contributed by atoms with Gasteiger partial charge in [-0.15, -0.1) is 0 Å². The van der Waals surface area contributed by atoms with Crippen molar-refractivity contribution >= 4 is 21.8 Å². The van der Waals surface area contributed by atoms with Crippen molar-refractivity contribution in [2.75, 3.05) is 26.2 Å². The van der Waals surface area contributed by atoms with Crippen molar-refractivity contribution in [3.05, 3.63) is 34.3 Å². The Morgan fingerprint density at radius 2 is 2.18 bits per heavy atom. The molecule has 5 heteroatoms. The van der Waals surface area contributed by atoms with E-state index in [1.165, 1.54) is 12.8 Å². The molecule has 2 atom stereocenters. The number of nitrogens with two attached hydrogens (primary N) is 1. The molecular weight excluding hydrogens is 342 g/mol. The number of hydrogen-bond donors (Lipinski definition) is 2. The summed E-state index contributed by atoms with van der Waals surface area (Å²) in [7, 11) is 0. The molecule has 0 aliphatic carbocycles. The molecule has 2 unspecified atom stereocenters. The minimum atomic E-state index is 0.0326. The van der Waals surface area contributed by atoms with Crippen LogP contribution in [0.1, 0.15) is 37.8 Å². The topological polar surface area (TPSA) is 58.4 Å². The van der Waals surface area contributed by atoms with Crippen LogP contribution in [0.4, 0.5) is 0 Å². The highest BCUT2D eigenvalue weighted by molar-refractivity contribution is 9.10. The van der Waals surface area contributed by atoms with Gasteiger partial charge in [-0.1, -0.05) is 28.1 Å². The van der Waals surface area contributed by atoms with E-state index in [4.69, 9.17) is 5.73 Å². The average Bonchev–Trinajstić information content (AvgIpc) is 2.48. The molecule has 1 heterocycles. The van der Waals surface area contributed by atoms with Gasteiger partial charge in [0.1, 0.15) is 0 Å². The van der Waals surface area contributed by atoms with Crippen LogP contribution in [0.2, 0.25) is 0 Å². The van der Waals surface area contributed by atoms with Crippen molar-refractivity contribution < 1.29 is 4.79 Å². The first-order chi connectivity index (χ1) is 10.6. The minimum Gasteiger partial charge on any atom is -0.348 e. The molecule has 1 aliphatic rings. The van der Waals surface area contributed by atoms with Crippen LogP contribution in [-0.4, -0.2) is 37.0 Å². The van der Waals surface area contributed by atoms with E-state index in [2.05, 4.69) is 26.1 Å². The molecule has 1 aliphatic heterocycles. The standard InChI is InChI=1S/C17H26BrN3O/c1-13(15-4-6-16(18)7-5-15)20-17(22)12-21-10-2-3-14(11-21)8-9-19/h4-7,13-14H,2-3,8-12,19H2,1H3,(H,20,22). The lowest BCUT2D eigenvalue weighted by molar-refractivity contribution is -0.123. The number of carbonyl (C=O) groups is 1. The molecule has 0 bridgehead atoms. The molecule has 1 fully saturated rings. The molecule has 3 N–H and O–H groups in total. The van der Waals surface area contributed by atoms with E-state index < -0.39 is 0 Å². The summed E-state index contributed by atoms with van der Waals surface area (Å²) in [5, 5.41) is 3.09. The van der Waals surface area contributed by atoms with Crippen LogP contribution in [0.15, 0.2) is 28.7 Å². The third-order valence-corrected chi connectivity index (χ3v) is 4.82. The van der Waals surface area contributed by atoms with Gasteiger partial charge in [0.05, 0.1) is 12.6 Å². The van der Waals surface area contributed by atoms with Crippen LogP contribution in [0, 0.1) is 5.92 Å². The van der Waals surface area contributed by atoms with Gasteiger partial charge in [0.2, 0.25) is 5.91 Å². The number of carbonyl (C=O) groups excluding carboxylic acids is 1. The lowest BCUT2D eigenvalue weighted by Crippen LogP contribution is -2.43. The normalized spacial score (nSPS) is 20.6. The Balaban J connectivity index is 1.80. The molecule has 1 aromatic carbocycles. The van der Waals surface area contributed by atoms with E-state index in [-0.39, 0.29) is 11.9 Å². The SMILES string of the molecule is CC(NC(=O)CN1CCCC(CCN)C1)c1ccc(Br)cc1. The highest BCUT2D eigenvalue weighted by atomic mass is 79.9. The van der Waals surface area contributed by atoms with Gasteiger partial charge in [-0.05, 0) is 62.9 Å². The van der Waals surface area contributed by atoms with Crippen LogP contribution in [-0.2, 0) is 4.79 Å². The molecule has 1 saturated heterocycles. The molecule has 0 spiro atoms. The molecular formula is C17H26BrN3O. The summed E-state index contributed by atoms with van der Waals surface area (Å²) >= 11 is 3.43. The maximum Gasteiger partial charge on any atom is 0.234 e. The molecule has 0 saturated carbocycles. The van der Waals surface area contributed by atoms with Gasteiger partial charge in [0, 0.05) is 11.0 Å². The summed E-state index contributed by atoms with van der Waals surface area (Å²) in [5.74, 6) is 0.749. The third kappa shape index (κ3) is 5.38. The number of rotatable bonds is 6. The largest absolute Gasteiger partial charge is 0.348 e. The van der Waals surface area contributed by atoms with Crippen molar-refractivity contribution in [1.82, 2.24) is 10.2 Å². The van der Waals surface area contributed by atoms with Crippen LogP contribution < -0.4 is 11.1 Å². The molecule has 122 valence electrons. The fourth-order valence-corrected chi connectivity index (χ4v) is 3.36. The second-order valence-corrected chi connectivity index (χ2v) is 7.08. The number of nitrogens with one attached hydrogen (secondary N) is 1. The van der Waals surface area contributed by atoms with Crippen molar-refractivity contribution in [2.45, 2.75) is 32.2 Å². The zero-order chi connectivity index (χ0) is 15.9. The molecule has 1 amide bonds. The Morgan fingerprint density at radius 1 is 1.45 bits per heavy atom. The fourth-order valence-electron chi connectivity index (χ4n) is 3.09. The van der Waals surface area contributed by atoms with Crippen LogP contribution in [0.25, 0.3) is 0 Å². The van der Waals surface area contributed by atoms with Crippen molar-refractivity contribution in [3.63, 3.8) is 0 Å². The number of halogens is 1. The van der Waals surface area contributed by atoms with E-state index >= 15 is 0 Å². The number of amides is 1. The van der Waals surface area contributed by atoms with E-state index in [1.54, 1.807) is 0 Å². The van der Waals surface area contributed by atoms with Gasteiger partial charge in [-0.3, -0.25) is 9.69 Å². The van der Waals surface area contributed by atoms with Crippen molar-refractivity contribution in [1.29, 1.82) is 0 Å². The van der Waals surface area contributed by atoms with Crippen molar-refractivity contribution in [2.24, 2.45) is 11.7 Å². The summed E-state index contributed by atoms with van der Waals surface area (Å²) in [5.41, 5.74) is 6.77. The Morgan fingerprint density at radius 3 is 2.86 bits per heavy atom. The zero-order valence-electron chi connectivity index (χ0n) is 13.2. The highest BCUT2D eigenvalue weighted by Gasteiger charge is 2.21. The molecule has 22 heavy (non-hydrogen) atoms. The van der Waals surface area contributed by atoms with Gasteiger partial charge in [0.15, 0.2) is 0 Å². The second kappa shape index (κ2) is 8.65. The predicted octanol–water partition coefficient (Wildman–Crippen LogP) is 2.69. The number of piperidine rings is 1. The number of nitrogens with zero attached hydrogens (tertiary/aromatic N) is 1. The summed E-state index contributed by atoms with van der Waals surface area (Å²) in [6.45, 7) is 5.26. The average molecular weight is 368 g/mol. The number of likely N-dealkylation sites (tertiary alicyclic amines) is 1. The number of hydrogen-bond acceptors (Lipinski definition) is 3. The first kappa shape index (κ1) is 17.4. The smallest absolute Gasteiger partial charge is 0.234 e. The maximum absolute atomic E-state index is 12.2. The van der Waals surface area contributed by atoms with Crippen LogP contribution in [0.5, 0.6) is 0 Å². The Hall–Kier alpha value is -0.910. The summed E-state index contributed by atoms with van der Waals surface area (Å²) in [4.78, 5) is 14.5. The first-order valence-electron chi connectivity index (χ1n) is 8.05. The van der Waals surface area contributed by atoms with Gasteiger partial charge in [-0.2, -0.15) is 0 Å². The maximum atomic E-state index is 12.2. The molecule has 0 radical (unpaired) electrons. The van der Waals surface area contributed by atoms with Gasteiger partial charge >= 0.3 is 0 Å². The van der Waals surface area contributed by atoms with Crippen LogP contribution >= 0.6 is 15.9 Å². The lowest BCUT2D eigenvalue weighted by Gasteiger charge is -2.32. The van der Waals surface area contributed by atoms with Crippen LogP contribution in [0.3, 0.4) is 0 Å². The summed E-state index contributed by atoms with van der Waals surface area (Å²) in [6, 6.07) is 8.10. The van der Waals surface area contributed by atoms with E-state index in [9.17, 15) is 4.79 Å². The van der Waals surface area contributed by atoms with E-state index in [1.807, 2.05) is 31.2 Å². The molecule has 4 nitrogen and oxygen atoms in total. The molecule has 0 aromatic heterocycles. The Labute approximate surface area is 141 Å². The predicted molar refractivity (Wildman–Crippen MR) is 93.5 cm³/mol. The molecule has 2 rings (SSSR count). The van der Waals surface area contributed by atoms with E-state index in [0.717, 1.165) is 36.1 Å². The second-order valence-electron chi connectivity index (χ2n) is 6.16. The van der Waals surface area contributed by atoms with Gasteiger partial charge < -0.3 is 11.1 Å². The number of benzene rings is 1. The van der Waals surface area contributed by atoms with E-state index in [0.29, 0.717) is 12.5 Å². The lowest BCUT2D eigenvalue weighted by atomic mass is 9.95. The summed E-state index contributed by atoms with van der Waals surface area (Å²) in [6.07, 6.45) is 3.47. The quantitative estimate of drug-likeness (QED) is 0.812. The zero-order valence-corrected chi connectivity index (χ0v) is 14.8. The fraction of sp³-hybridized carbons (Fsp3) is 0.588. The Bertz CT molecular complexity index is 475. The Kier molecular flexibility index (Phi) is 6.86. The summed E-state index contributed by atoms with van der Waals surface area (Å²) < 4.78 is 1.05. The van der Waals surface area contributed by atoms with Gasteiger partial charge in [0.25, 0.3) is 0 Å².